The van der Waals surface area contributed by atoms with Crippen molar-refractivity contribution < 1.29 is 9.59 Å². The van der Waals surface area contributed by atoms with Crippen LogP contribution in [-0.4, -0.2) is 37.0 Å². The molecule has 0 aromatic rings. The molecule has 0 radical (unpaired) electrons. The van der Waals surface area contributed by atoms with Crippen LogP contribution < -0.4 is 16.0 Å². The lowest BCUT2D eigenvalue weighted by Gasteiger charge is -2.16. The molecule has 0 aliphatic carbocycles. The van der Waals surface area contributed by atoms with E-state index in [-0.39, 0.29) is 17.9 Å². The highest BCUT2D eigenvalue weighted by Gasteiger charge is 2.24. The summed E-state index contributed by atoms with van der Waals surface area (Å²) < 4.78 is 0. The normalized spacial score (nSPS) is 21.5. The highest BCUT2D eigenvalue weighted by atomic mass is 16.2. The minimum Gasteiger partial charge on any atom is -0.354 e. The van der Waals surface area contributed by atoms with Gasteiger partial charge in [-0.05, 0) is 32.7 Å². The van der Waals surface area contributed by atoms with Crippen LogP contribution in [0.15, 0.2) is 0 Å². The summed E-state index contributed by atoms with van der Waals surface area (Å²) in [6.07, 6.45) is 2.78. The van der Waals surface area contributed by atoms with Crippen LogP contribution in [0.2, 0.25) is 0 Å². The van der Waals surface area contributed by atoms with E-state index in [4.69, 9.17) is 0 Å². The first-order valence-corrected chi connectivity index (χ1v) is 5.96. The van der Waals surface area contributed by atoms with Gasteiger partial charge in [-0.25, -0.2) is 0 Å². The molecule has 5 nitrogen and oxygen atoms in total. The highest BCUT2D eigenvalue weighted by Crippen LogP contribution is 2.04. The highest BCUT2D eigenvalue weighted by molar-refractivity contribution is 5.89. The molecule has 1 rings (SSSR count). The summed E-state index contributed by atoms with van der Waals surface area (Å²) in [5.74, 6) is -0.190. The SMILES string of the molecule is CCCNC(=O)C(C)NC(=O)C1CCCN1. The number of amides is 2. The molecule has 1 aliphatic rings. The summed E-state index contributed by atoms with van der Waals surface area (Å²) in [5, 5.41) is 8.57. The number of nitrogens with one attached hydrogen (secondary N) is 3. The van der Waals surface area contributed by atoms with E-state index >= 15 is 0 Å². The van der Waals surface area contributed by atoms with E-state index < -0.39 is 6.04 Å². The van der Waals surface area contributed by atoms with Crippen LogP contribution in [0.5, 0.6) is 0 Å². The van der Waals surface area contributed by atoms with Crippen molar-refractivity contribution >= 4 is 11.8 Å². The molecule has 1 aliphatic heterocycles. The van der Waals surface area contributed by atoms with Crippen molar-refractivity contribution in [3.63, 3.8) is 0 Å². The molecule has 92 valence electrons. The molecular weight excluding hydrogens is 206 g/mol. The molecule has 1 heterocycles. The van der Waals surface area contributed by atoms with Gasteiger partial charge in [-0.3, -0.25) is 9.59 Å². The van der Waals surface area contributed by atoms with Crippen molar-refractivity contribution in [2.24, 2.45) is 0 Å². The van der Waals surface area contributed by atoms with Gasteiger partial charge in [0.1, 0.15) is 6.04 Å². The molecule has 2 unspecified atom stereocenters. The molecule has 5 heteroatoms. The predicted molar refractivity (Wildman–Crippen MR) is 61.9 cm³/mol. The summed E-state index contributed by atoms with van der Waals surface area (Å²) in [6, 6.07) is -0.581. The smallest absolute Gasteiger partial charge is 0.242 e. The Hall–Kier alpha value is -1.10. The van der Waals surface area contributed by atoms with Crippen molar-refractivity contribution in [3.8, 4) is 0 Å². The Morgan fingerprint density at radius 1 is 1.50 bits per heavy atom. The van der Waals surface area contributed by atoms with Crippen LogP contribution in [0.1, 0.15) is 33.1 Å². The Kier molecular flexibility index (Phi) is 5.25. The molecule has 2 amide bonds. The zero-order chi connectivity index (χ0) is 12.0. The third kappa shape index (κ3) is 3.81. The maximum atomic E-state index is 11.7. The van der Waals surface area contributed by atoms with Gasteiger partial charge in [-0.15, -0.1) is 0 Å². The minimum absolute atomic E-state index is 0.0725. The topological polar surface area (TPSA) is 70.2 Å². The maximum Gasteiger partial charge on any atom is 0.242 e. The first kappa shape index (κ1) is 13.0. The molecule has 16 heavy (non-hydrogen) atoms. The van der Waals surface area contributed by atoms with E-state index in [0.29, 0.717) is 6.54 Å². The van der Waals surface area contributed by atoms with Crippen molar-refractivity contribution in [1.82, 2.24) is 16.0 Å². The fourth-order valence-corrected chi connectivity index (χ4v) is 1.69. The Morgan fingerprint density at radius 3 is 2.81 bits per heavy atom. The van der Waals surface area contributed by atoms with E-state index in [0.717, 1.165) is 25.8 Å². The number of carbonyl (C=O) groups is 2. The average Bonchev–Trinajstić information content (AvgIpc) is 2.79. The summed E-state index contributed by atoms with van der Waals surface area (Å²) in [6.45, 7) is 5.24. The first-order valence-electron chi connectivity index (χ1n) is 5.96. The van der Waals surface area contributed by atoms with Gasteiger partial charge in [-0.2, -0.15) is 0 Å². The zero-order valence-electron chi connectivity index (χ0n) is 10.0. The lowest BCUT2D eigenvalue weighted by atomic mass is 10.2. The van der Waals surface area contributed by atoms with Crippen LogP contribution in [0.3, 0.4) is 0 Å². The quantitative estimate of drug-likeness (QED) is 0.607. The van der Waals surface area contributed by atoms with Crippen LogP contribution in [0.4, 0.5) is 0 Å². The standard InChI is InChI=1S/C11H21N3O2/c1-3-6-13-10(15)8(2)14-11(16)9-5-4-7-12-9/h8-9,12H,3-7H2,1-2H3,(H,13,15)(H,14,16). The number of rotatable bonds is 5. The Morgan fingerprint density at radius 2 is 2.25 bits per heavy atom. The molecule has 0 bridgehead atoms. The van der Waals surface area contributed by atoms with Crippen LogP contribution in [0.25, 0.3) is 0 Å². The number of carbonyl (C=O) groups excluding carboxylic acids is 2. The van der Waals surface area contributed by atoms with Crippen LogP contribution in [0, 0.1) is 0 Å². The molecule has 0 aromatic heterocycles. The van der Waals surface area contributed by atoms with Crippen molar-refractivity contribution in [2.45, 2.75) is 45.2 Å². The third-order valence-corrected chi connectivity index (χ3v) is 2.68. The Balaban J connectivity index is 2.29. The second-order valence-corrected chi connectivity index (χ2v) is 4.17. The summed E-state index contributed by atoms with van der Waals surface area (Å²) in [5.41, 5.74) is 0. The van der Waals surface area contributed by atoms with Gasteiger partial charge in [0.05, 0.1) is 6.04 Å². The minimum atomic E-state index is -0.457. The van der Waals surface area contributed by atoms with Crippen LogP contribution in [-0.2, 0) is 9.59 Å². The Bertz CT molecular complexity index is 250. The molecule has 0 saturated carbocycles. The fraction of sp³-hybridized carbons (Fsp3) is 0.818. The van der Waals surface area contributed by atoms with Gasteiger partial charge in [0.2, 0.25) is 11.8 Å². The molecule has 1 fully saturated rings. The lowest BCUT2D eigenvalue weighted by molar-refractivity contribution is -0.129. The molecule has 3 N–H and O–H groups in total. The van der Waals surface area contributed by atoms with Crippen molar-refractivity contribution in [3.05, 3.63) is 0 Å². The molecular formula is C11H21N3O2. The predicted octanol–water partition coefficient (Wildman–Crippen LogP) is -0.231. The van der Waals surface area contributed by atoms with E-state index in [1.807, 2.05) is 6.92 Å². The summed E-state index contributed by atoms with van der Waals surface area (Å²) >= 11 is 0. The largest absolute Gasteiger partial charge is 0.354 e. The van der Waals surface area contributed by atoms with Gasteiger partial charge in [0, 0.05) is 6.54 Å². The molecule has 1 saturated heterocycles. The van der Waals surface area contributed by atoms with E-state index in [2.05, 4.69) is 16.0 Å². The average molecular weight is 227 g/mol. The van der Waals surface area contributed by atoms with E-state index in [1.54, 1.807) is 6.92 Å². The zero-order valence-corrected chi connectivity index (χ0v) is 10.0. The fourth-order valence-electron chi connectivity index (χ4n) is 1.69. The second-order valence-electron chi connectivity index (χ2n) is 4.17. The van der Waals surface area contributed by atoms with E-state index in [9.17, 15) is 9.59 Å². The van der Waals surface area contributed by atoms with Gasteiger partial charge in [0.15, 0.2) is 0 Å². The monoisotopic (exact) mass is 227 g/mol. The third-order valence-electron chi connectivity index (χ3n) is 2.68. The molecule has 0 aromatic carbocycles. The Labute approximate surface area is 96.4 Å². The lowest BCUT2D eigenvalue weighted by Crippen LogP contribution is -2.50. The first-order chi connectivity index (χ1) is 7.65. The van der Waals surface area contributed by atoms with Gasteiger partial charge < -0.3 is 16.0 Å². The van der Waals surface area contributed by atoms with Crippen LogP contribution >= 0.6 is 0 Å². The van der Waals surface area contributed by atoms with Gasteiger partial charge >= 0.3 is 0 Å². The second kappa shape index (κ2) is 6.48. The molecule has 0 spiro atoms. The van der Waals surface area contributed by atoms with Gasteiger partial charge in [-0.1, -0.05) is 6.92 Å². The summed E-state index contributed by atoms with van der Waals surface area (Å²) in [7, 11) is 0. The van der Waals surface area contributed by atoms with E-state index in [1.165, 1.54) is 0 Å². The maximum absolute atomic E-state index is 11.7. The summed E-state index contributed by atoms with van der Waals surface area (Å²) in [4.78, 5) is 23.2. The number of hydrogen-bond donors (Lipinski definition) is 3. The van der Waals surface area contributed by atoms with Crippen molar-refractivity contribution in [1.29, 1.82) is 0 Å². The molecule has 2 atom stereocenters. The van der Waals surface area contributed by atoms with Gasteiger partial charge in [0.25, 0.3) is 0 Å². The van der Waals surface area contributed by atoms with Crippen molar-refractivity contribution in [2.75, 3.05) is 13.1 Å². The number of hydrogen-bond acceptors (Lipinski definition) is 3.